The van der Waals surface area contributed by atoms with E-state index in [9.17, 15) is 9.59 Å². The molecule has 3 aromatic rings. The van der Waals surface area contributed by atoms with Crippen LogP contribution < -0.4 is 19.9 Å². The van der Waals surface area contributed by atoms with Crippen molar-refractivity contribution in [2.45, 2.75) is 20.3 Å². The van der Waals surface area contributed by atoms with Gasteiger partial charge in [-0.2, -0.15) is 4.98 Å². The first-order valence-electron chi connectivity index (χ1n) is 12.6. The molecule has 1 atom stereocenters. The van der Waals surface area contributed by atoms with Gasteiger partial charge in [-0.1, -0.05) is 23.8 Å². The summed E-state index contributed by atoms with van der Waals surface area (Å²) in [7, 11) is 1.60. The van der Waals surface area contributed by atoms with E-state index in [1.165, 1.54) is 5.56 Å². The summed E-state index contributed by atoms with van der Waals surface area (Å²) in [6.45, 7) is 6.82. The van der Waals surface area contributed by atoms with Crippen LogP contribution in [0, 0.1) is 19.8 Å². The molecule has 0 bridgehead atoms. The normalized spacial score (nSPS) is 17.8. The van der Waals surface area contributed by atoms with Gasteiger partial charge in [-0.15, -0.1) is 0 Å². The largest absolute Gasteiger partial charge is 0.497 e. The summed E-state index contributed by atoms with van der Waals surface area (Å²) in [5, 5.41) is 3.36. The van der Waals surface area contributed by atoms with Crippen molar-refractivity contribution in [3.8, 4) is 5.75 Å². The number of carbonyl (C=O) groups excluding carboxylic acids is 2. The average Bonchev–Trinajstić information content (AvgIpc) is 3.31. The molecular formula is C28H32N6O3. The Morgan fingerprint density at radius 2 is 1.76 bits per heavy atom. The lowest BCUT2D eigenvalue weighted by atomic mass is 10.1. The number of piperazine rings is 1. The second-order valence-electron chi connectivity index (χ2n) is 9.60. The SMILES string of the molecule is COc1cccc(N2CC(C(=O)N3CCN(c4nc(C)cc(Nc5ccc(C)cc5)n4)CC3)CC2=O)c1. The number of nitrogens with zero attached hydrogens (tertiary/aromatic N) is 5. The Morgan fingerprint density at radius 3 is 2.49 bits per heavy atom. The first-order valence-corrected chi connectivity index (χ1v) is 12.6. The maximum atomic E-state index is 13.3. The van der Waals surface area contributed by atoms with E-state index >= 15 is 0 Å². The van der Waals surface area contributed by atoms with Gasteiger partial charge in [0.1, 0.15) is 11.6 Å². The molecule has 1 unspecified atom stereocenters. The molecule has 9 heteroatoms. The number of ether oxygens (including phenoxy) is 1. The minimum Gasteiger partial charge on any atom is -0.497 e. The number of nitrogens with one attached hydrogen (secondary N) is 1. The molecule has 9 nitrogen and oxygen atoms in total. The standard InChI is InChI=1S/C28H32N6O3/c1-19-7-9-22(10-8-19)30-25-15-20(2)29-28(31-25)33-13-11-32(12-14-33)27(36)21-16-26(35)34(18-21)23-5-4-6-24(17-23)37-3/h4-10,15,17,21H,11-14,16,18H2,1-3H3,(H,29,30,31). The fourth-order valence-corrected chi connectivity index (χ4v) is 4.83. The fourth-order valence-electron chi connectivity index (χ4n) is 4.83. The molecular weight excluding hydrogens is 468 g/mol. The molecule has 192 valence electrons. The molecule has 0 aliphatic carbocycles. The van der Waals surface area contributed by atoms with Crippen LogP contribution in [0.25, 0.3) is 0 Å². The summed E-state index contributed by atoms with van der Waals surface area (Å²) < 4.78 is 5.28. The summed E-state index contributed by atoms with van der Waals surface area (Å²) in [6.07, 6.45) is 0.227. The van der Waals surface area contributed by atoms with Crippen molar-refractivity contribution in [2.24, 2.45) is 5.92 Å². The van der Waals surface area contributed by atoms with Gasteiger partial charge in [-0.25, -0.2) is 4.98 Å². The fraction of sp³-hybridized carbons (Fsp3) is 0.357. The van der Waals surface area contributed by atoms with Gasteiger partial charge in [0, 0.05) is 68.3 Å². The molecule has 2 aromatic carbocycles. The number of rotatable bonds is 6. The lowest BCUT2D eigenvalue weighted by molar-refractivity contribution is -0.136. The molecule has 0 spiro atoms. The van der Waals surface area contributed by atoms with Gasteiger partial charge >= 0.3 is 0 Å². The van der Waals surface area contributed by atoms with E-state index < -0.39 is 0 Å². The number of aromatic nitrogens is 2. The zero-order valence-corrected chi connectivity index (χ0v) is 21.5. The van der Waals surface area contributed by atoms with E-state index in [4.69, 9.17) is 9.72 Å². The van der Waals surface area contributed by atoms with Gasteiger partial charge in [0.15, 0.2) is 0 Å². The zero-order chi connectivity index (χ0) is 25.9. The number of anilines is 4. The molecule has 5 rings (SSSR count). The maximum Gasteiger partial charge on any atom is 0.228 e. The van der Waals surface area contributed by atoms with Gasteiger partial charge in [0.25, 0.3) is 0 Å². The van der Waals surface area contributed by atoms with Crippen molar-refractivity contribution in [1.82, 2.24) is 14.9 Å². The van der Waals surface area contributed by atoms with E-state index in [1.807, 2.05) is 54.3 Å². The van der Waals surface area contributed by atoms with Crippen LogP contribution in [-0.4, -0.2) is 66.5 Å². The maximum absolute atomic E-state index is 13.3. The van der Waals surface area contributed by atoms with E-state index in [2.05, 4.69) is 34.3 Å². The predicted molar refractivity (Wildman–Crippen MR) is 143 cm³/mol. The van der Waals surface area contributed by atoms with Crippen molar-refractivity contribution in [2.75, 3.05) is 55.0 Å². The minimum absolute atomic E-state index is 0.0327. The zero-order valence-electron chi connectivity index (χ0n) is 21.5. The Labute approximate surface area is 217 Å². The molecule has 0 radical (unpaired) electrons. The highest BCUT2D eigenvalue weighted by atomic mass is 16.5. The van der Waals surface area contributed by atoms with Gasteiger partial charge in [-0.3, -0.25) is 9.59 Å². The molecule has 3 heterocycles. The number of amides is 2. The van der Waals surface area contributed by atoms with Gasteiger partial charge in [-0.05, 0) is 38.1 Å². The highest BCUT2D eigenvalue weighted by molar-refractivity contribution is 6.00. The van der Waals surface area contributed by atoms with Crippen LogP contribution in [0.2, 0.25) is 0 Å². The van der Waals surface area contributed by atoms with E-state index in [1.54, 1.807) is 12.0 Å². The molecule has 2 aliphatic heterocycles. The highest BCUT2D eigenvalue weighted by Crippen LogP contribution is 2.29. The summed E-state index contributed by atoms with van der Waals surface area (Å²) in [6, 6.07) is 17.5. The number of methoxy groups -OCH3 is 1. The van der Waals surface area contributed by atoms with Crippen LogP contribution in [-0.2, 0) is 9.59 Å². The molecule has 2 fully saturated rings. The molecule has 2 aliphatic rings. The quantitative estimate of drug-likeness (QED) is 0.554. The van der Waals surface area contributed by atoms with Gasteiger partial charge in [0.05, 0.1) is 13.0 Å². The van der Waals surface area contributed by atoms with Crippen molar-refractivity contribution in [1.29, 1.82) is 0 Å². The van der Waals surface area contributed by atoms with E-state index in [0.29, 0.717) is 44.4 Å². The minimum atomic E-state index is -0.342. The van der Waals surface area contributed by atoms with Crippen molar-refractivity contribution in [3.05, 3.63) is 65.9 Å². The van der Waals surface area contributed by atoms with Crippen molar-refractivity contribution >= 4 is 35.0 Å². The van der Waals surface area contributed by atoms with Crippen LogP contribution in [0.4, 0.5) is 23.1 Å². The monoisotopic (exact) mass is 500 g/mol. The van der Waals surface area contributed by atoms with Crippen LogP contribution in [0.5, 0.6) is 5.75 Å². The van der Waals surface area contributed by atoms with Crippen molar-refractivity contribution < 1.29 is 14.3 Å². The van der Waals surface area contributed by atoms with Gasteiger partial charge < -0.3 is 24.8 Å². The van der Waals surface area contributed by atoms with Crippen molar-refractivity contribution in [3.63, 3.8) is 0 Å². The molecule has 2 amide bonds. The molecule has 1 aromatic heterocycles. The number of benzene rings is 2. The van der Waals surface area contributed by atoms with E-state index in [-0.39, 0.29) is 24.2 Å². The third-order valence-electron chi connectivity index (χ3n) is 6.88. The molecule has 37 heavy (non-hydrogen) atoms. The van der Waals surface area contributed by atoms with Crippen LogP contribution in [0.15, 0.2) is 54.6 Å². The number of carbonyl (C=O) groups is 2. The second-order valence-corrected chi connectivity index (χ2v) is 9.60. The lowest BCUT2D eigenvalue weighted by Crippen LogP contribution is -2.51. The Balaban J connectivity index is 1.20. The smallest absolute Gasteiger partial charge is 0.228 e. The first kappa shape index (κ1) is 24.5. The third kappa shape index (κ3) is 5.50. The van der Waals surface area contributed by atoms with E-state index in [0.717, 1.165) is 22.9 Å². The predicted octanol–water partition coefficient (Wildman–Crippen LogP) is 3.55. The van der Waals surface area contributed by atoms with Crippen LogP contribution in [0.3, 0.4) is 0 Å². The van der Waals surface area contributed by atoms with Crippen LogP contribution in [0.1, 0.15) is 17.7 Å². The van der Waals surface area contributed by atoms with Gasteiger partial charge in [0.2, 0.25) is 17.8 Å². The topological polar surface area (TPSA) is 90.9 Å². The average molecular weight is 501 g/mol. The number of hydrogen-bond donors (Lipinski definition) is 1. The Hall–Kier alpha value is -4.14. The summed E-state index contributed by atoms with van der Waals surface area (Å²) in [4.78, 5) is 41.0. The summed E-state index contributed by atoms with van der Waals surface area (Å²) in [5.41, 5.74) is 3.81. The number of aryl methyl sites for hydroxylation is 2. The summed E-state index contributed by atoms with van der Waals surface area (Å²) in [5.74, 6) is 1.74. The first-order chi connectivity index (χ1) is 17.9. The summed E-state index contributed by atoms with van der Waals surface area (Å²) >= 11 is 0. The van der Waals surface area contributed by atoms with Crippen LogP contribution >= 0.6 is 0 Å². The second kappa shape index (κ2) is 10.5. The third-order valence-corrected chi connectivity index (χ3v) is 6.88. The molecule has 2 saturated heterocycles. The molecule has 0 saturated carbocycles. The Morgan fingerprint density at radius 1 is 1.00 bits per heavy atom. The Kier molecular flexibility index (Phi) is 6.94. The highest BCUT2D eigenvalue weighted by Gasteiger charge is 2.38. The molecule has 1 N–H and O–H groups in total. The Bertz CT molecular complexity index is 1290. The number of hydrogen-bond acceptors (Lipinski definition) is 7. The lowest BCUT2D eigenvalue weighted by Gasteiger charge is -2.36.